The summed E-state index contributed by atoms with van der Waals surface area (Å²) in [7, 11) is 3.30. The zero-order valence-electron chi connectivity index (χ0n) is 19.2. The van der Waals surface area contributed by atoms with E-state index in [4.69, 9.17) is 30.9 Å². The highest BCUT2D eigenvalue weighted by atomic mass is 127. The fraction of sp³-hybridized carbons (Fsp3) is 0.185. The molecule has 192 valence electrons. The van der Waals surface area contributed by atoms with Crippen LogP contribution in [0.15, 0.2) is 85.2 Å². The van der Waals surface area contributed by atoms with Crippen LogP contribution in [0.4, 0.5) is 0 Å². The Hall–Kier alpha value is -2.31. The van der Waals surface area contributed by atoms with Gasteiger partial charge in [-0.05, 0) is 105 Å². The van der Waals surface area contributed by atoms with E-state index in [9.17, 15) is 0 Å². The third-order valence-electron chi connectivity index (χ3n) is 4.33. The van der Waals surface area contributed by atoms with E-state index < -0.39 is 0 Å². The first-order valence-corrected chi connectivity index (χ1v) is 13.0. The highest BCUT2D eigenvalue weighted by Crippen LogP contribution is 2.19. The molecular formula is C27H29ClI2N2O4. The van der Waals surface area contributed by atoms with Crippen LogP contribution in [-0.2, 0) is 12.5 Å². The lowest BCUT2D eigenvalue weighted by atomic mass is 10.2. The molecule has 0 fully saturated rings. The predicted molar refractivity (Wildman–Crippen MR) is 162 cm³/mol. The lowest BCUT2D eigenvalue weighted by molar-refractivity contribution is 0.302. The van der Waals surface area contributed by atoms with Gasteiger partial charge in [0.25, 0.3) is 0 Å². The largest absolute Gasteiger partial charge is 0.505 e. The lowest BCUT2D eigenvalue weighted by Gasteiger charge is -2.07. The van der Waals surface area contributed by atoms with Gasteiger partial charge in [-0.1, -0.05) is 31.7 Å². The number of alkyl halides is 1. The van der Waals surface area contributed by atoms with Crippen LogP contribution in [0, 0.1) is 7.40 Å². The summed E-state index contributed by atoms with van der Waals surface area (Å²) in [6.45, 7) is 0.533. The van der Waals surface area contributed by atoms with Gasteiger partial charge in [0.05, 0.1) is 14.2 Å². The highest BCUT2D eigenvalue weighted by molar-refractivity contribution is 14.1. The first-order chi connectivity index (χ1) is 17.0. The summed E-state index contributed by atoms with van der Waals surface area (Å²) >= 11 is 9.70. The minimum atomic E-state index is 0. The molecule has 6 nitrogen and oxygen atoms in total. The van der Waals surface area contributed by atoms with Crippen LogP contribution in [0.25, 0.3) is 0 Å². The first kappa shape index (κ1) is 31.7. The SMILES string of the molecule is C.COc1ccc(CCl)cc1.COc1ccc(COc2cccnc2I)cc1.Oc1cccnc1I. The maximum atomic E-state index is 8.85. The number of aromatic nitrogens is 2. The van der Waals surface area contributed by atoms with Crippen molar-refractivity contribution < 1.29 is 19.3 Å². The zero-order chi connectivity index (χ0) is 25.5. The van der Waals surface area contributed by atoms with E-state index in [2.05, 4.69) is 32.6 Å². The van der Waals surface area contributed by atoms with E-state index in [0.29, 0.717) is 16.2 Å². The molecule has 4 rings (SSSR count). The number of benzene rings is 2. The number of ether oxygens (including phenoxy) is 3. The van der Waals surface area contributed by atoms with Gasteiger partial charge >= 0.3 is 0 Å². The van der Waals surface area contributed by atoms with E-state index >= 15 is 0 Å². The Morgan fingerprint density at radius 2 is 1.25 bits per heavy atom. The third-order valence-corrected chi connectivity index (χ3v) is 6.28. The van der Waals surface area contributed by atoms with Gasteiger partial charge in [0, 0.05) is 18.3 Å². The molecule has 0 saturated carbocycles. The van der Waals surface area contributed by atoms with E-state index in [1.165, 1.54) is 0 Å². The molecule has 0 atom stereocenters. The van der Waals surface area contributed by atoms with E-state index in [-0.39, 0.29) is 13.2 Å². The van der Waals surface area contributed by atoms with Crippen LogP contribution >= 0.6 is 56.8 Å². The number of rotatable bonds is 6. The van der Waals surface area contributed by atoms with Crippen molar-refractivity contribution in [1.29, 1.82) is 0 Å². The monoisotopic (exact) mass is 734 g/mol. The Bertz CT molecular complexity index is 1100. The van der Waals surface area contributed by atoms with Crippen molar-refractivity contribution in [3.05, 3.63) is 104 Å². The maximum Gasteiger partial charge on any atom is 0.151 e. The highest BCUT2D eigenvalue weighted by Gasteiger charge is 2.01. The van der Waals surface area contributed by atoms with Crippen molar-refractivity contribution in [1.82, 2.24) is 9.97 Å². The lowest BCUT2D eigenvalue weighted by Crippen LogP contribution is -1.97. The quantitative estimate of drug-likeness (QED) is 0.124. The second kappa shape index (κ2) is 18.0. The molecule has 2 aromatic heterocycles. The molecule has 0 aliphatic heterocycles. The number of nitrogens with zero attached hydrogens (tertiary/aromatic N) is 2. The fourth-order valence-corrected chi connectivity index (χ4v) is 3.47. The van der Waals surface area contributed by atoms with Crippen molar-refractivity contribution >= 4 is 56.8 Å². The second-order valence-electron chi connectivity index (χ2n) is 6.72. The van der Waals surface area contributed by atoms with Crippen LogP contribution < -0.4 is 14.2 Å². The number of pyridine rings is 2. The van der Waals surface area contributed by atoms with Crippen LogP contribution in [0.5, 0.6) is 23.0 Å². The molecule has 0 radical (unpaired) electrons. The van der Waals surface area contributed by atoms with Gasteiger partial charge in [0.2, 0.25) is 0 Å². The molecule has 0 bridgehead atoms. The van der Waals surface area contributed by atoms with Crippen LogP contribution in [0.2, 0.25) is 0 Å². The number of methoxy groups -OCH3 is 2. The van der Waals surface area contributed by atoms with Crippen molar-refractivity contribution in [2.24, 2.45) is 0 Å². The molecule has 0 spiro atoms. The Kier molecular flexibility index (Phi) is 15.9. The normalized spacial score (nSPS) is 9.36. The topological polar surface area (TPSA) is 73.7 Å². The molecule has 4 aromatic rings. The minimum absolute atomic E-state index is 0. The van der Waals surface area contributed by atoms with Gasteiger partial charge in [0.15, 0.2) is 5.75 Å². The Morgan fingerprint density at radius 3 is 1.67 bits per heavy atom. The zero-order valence-corrected chi connectivity index (χ0v) is 24.3. The summed E-state index contributed by atoms with van der Waals surface area (Å²) in [6.07, 6.45) is 3.39. The first-order valence-electron chi connectivity index (χ1n) is 10.3. The third kappa shape index (κ3) is 11.6. The molecule has 2 heterocycles. The van der Waals surface area contributed by atoms with Crippen molar-refractivity contribution in [3.63, 3.8) is 0 Å². The van der Waals surface area contributed by atoms with Crippen LogP contribution in [0.3, 0.4) is 0 Å². The van der Waals surface area contributed by atoms with Crippen molar-refractivity contribution in [2.45, 2.75) is 19.9 Å². The fourth-order valence-electron chi connectivity index (χ4n) is 2.45. The summed E-state index contributed by atoms with van der Waals surface area (Å²) in [6, 6.07) is 22.6. The number of hydrogen-bond donors (Lipinski definition) is 1. The predicted octanol–water partition coefficient (Wildman–Crippen LogP) is 7.74. The van der Waals surface area contributed by atoms with Gasteiger partial charge in [-0.15, -0.1) is 11.6 Å². The molecule has 0 unspecified atom stereocenters. The summed E-state index contributed by atoms with van der Waals surface area (Å²) in [5.41, 5.74) is 2.22. The van der Waals surface area contributed by atoms with Crippen LogP contribution in [-0.4, -0.2) is 29.3 Å². The van der Waals surface area contributed by atoms with Gasteiger partial charge in [-0.3, -0.25) is 0 Å². The van der Waals surface area contributed by atoms with E-state index in [1.54, 1.807) is 38.7 Å². The van der Waals surface area contributed by atoms with Gasteiger partial charge in [-0.25, -0.2) is 9.97 Å². The second-order valence-corrected chi connectivity index (χ2v) is 9.04. The molecule has 1 N–H and O–H groups in total. The van der Waals surface area contributed by atoms with E-state index in [0.717, 1.165) is 32.1 Å². The van der Waals surface area contributed by atoms with Crippen molar-refractivity contribution in [3.8, 4) is 23.0 Å². The Morgan fingerprint density at radius 1 is 0.750 bits per heavy atom. The molecule has 0 aliphatic carbocycles. The number of hydrogen-bond acceptors (Lipinski definition) is 6. The number of aromatic hydroxyl groups is 1. The summed E-state index contributed by atoms with van der Waals surface area (Å²) in [5.74, 6) is 3.33. The Balaban J connectivity index is 0.000000291. The summed E-state index contributed by atoms with van der Waals surface area (Å²) in [4.78, 5) is 7.98. The van der Waals surface area contributed by atoms with Gasteiger partial charge < -0.3 is 19.3 Å². The summed E-state index contributed by atoms with van der Waals surface area (Å²) in [5, 5.41) is 8.85. The molecule has 2 aromatic carbocycles. The maximum absolute atomic E-state index is 8.85. The van der Waals surface area contributed by atoms with Gasteiger partial charge in [-0.2, -0.15) is 0 Å². The number of halogens is 3. The average molecular weight is 735 g/mol. The molecule has 0 aliphatic rings. The Labute approximate surface area is 245 Å². The van der Waals surface area contributed by atoms with E-state index in [1.807, 2.05) is 83.3 Å². The molecular weight excluding hydrogens is 706 g/mol. The molecule has 9 heteroatoms. The van der Waals surface area contributed by atoms with Crippen molar-refractivity contribution in [2.75, 3.05) is 14.2 Å². The van der Waals surface area contributed by atoms with Crippen LogP contribution in [0.1, 0.15) is 18.6 Å². The summed E-state index contributed by atoms with van der Waals surface area (Å²) < 4.78 is 17.3. The smallest absolute Gasteiger partial charge is 0.151 e. The average Bonchev–Trinajstić information content (AvgIpc) is 2.91. The molecule has 0 amide bonds. The minimum Gasteiger partial charge on any atom is -0.505 e. The molecule has 0 saturated heterocycles. The standard InChI is InChI=1S/C13H12INO2.C8H9ClO.C5H4INO.CH4/c1-16-11-6-4-10(5-7-11)9-17-12-3-2-8-15-13(12)14;1-10-8-4-2-7(6-9)3-5-8;6-5-4(8)2-1-3-7-5;/h2-8H,9H2,1H3;2-5H,6H2,1H3;1-3,8H;1H4. The molecule has 36 heavy (non-hydrogen) atoms. The van der Waals surface area contributed by atoms with Gasteiger partial charge in [0.1, 0.15) is 31.3 Å².